The van der Waals surface area contributed by atoms with Crippen molar-refractivity contribution in [2.24, 2.45) is 5.92 Å². The second-order valence-corrected chi connectivity index (χ2v) is 6.02. The molecular weight excluding hydrogens is 310 g/mol. The summed E-state index contributed by atoms with van der Waals surface area (Å²) in [6, 6.07) is 4.26. The molecule has 0 aliphatic rings. The van der Waals surface area contributed by atoms with Gasteiger partial charge in [0.1, 0.15) is 6.04 Å². The van der Waals surface area contributed by atoms with Crippen molar-refractivity contribution in [3.05, 3.63) is 34.7 Å². The normalized spacial score (nSPS) is 12.0. The van der Waals surface area contributed by atoms with Crippen molar-refractivity contribution in [2.45, 2.75) is 39.3 Å². The van der Waals surface area contributed by atoms with Gasteiger partial charge in [0.25, 0.3) is 5.56 Å². The summed E-state index contributed by atoms with van der Waals surface area (Å²) in [5, 5.41) is 5.50. The van der Waals surface area contributed by atoms with Gasteiger partial charge in [0.2, 0.25) is 11.8 Å². The number of ether oxygens (including phenoxy) is 1. The lowest BCUT2D eigenvalue weighted by Crippen LogP contribution is -2.48. The maximum atomic E-state index is 12.2. The van der Waals surface area contributed by atoms with Gasteiger partial charge in [-0.1, -0.05) is 19.9 Å². The molecule has 0 aliphatic carbocycles. The first-order valence-electron chi connectivity index (χ1n) is 8.15. The van der Waals surface area contributed by atoms with Crippen LogP contribution in [0.5, 0.6) is 0 Å². The van der Waals surface area contributed by atoms with Crippen LogP contribution >= 0.6 is 0 Å². The Morgan fingerprint density at radius 3 is 2.67 bits per heavy atom. The van der Waals surface area contributed by atoms with Crippen molar-refractivity contribution in [2.75, 3.05) is 20.3 Å². The topological polar surface area (TPSA) is 89.4 Å². The highest BCUT2D eigenvalue weighted by molar-refractivity contribution is 5.87. The molecule has 0 saturated heterocycles. The van der Waals surface area contributed by atoms with Crippen LogP contribution in [0.15, 0.2) is 29.2 Å². The van der Waals surface area contributed by atoms with Crippen molar-refractivity contribution in [1.82, 2.24) is 15.2 Å². The third-order valence-electron chi connectivity index (χ3n) is 3.44. The van der Waals surface area contributed by atoms with Crippen molar-refractivity contribution >= 4 is 11.8 Å². The average molecular weight is 337 g/mol. The Morgan fingerprint density at radius 2 is 2.04 bits per heavy atom. The maximum absolute atomic E-state index is 12.2. The van der Waals surface area contributed by atoms with Crippen LogP contribution in [0.1, 0.15) is 26.7 Å². The van der Waals surface area contributed by atoms with Gasteiger partial charge in [0, 0.05) is 38.9 Å². The molecule has 1 rings (SSSR count). The van der Waals surface area contributed by atoms with Crippen LogP contribution in [0.25, 0.3) is 0 Å². The molecule has 7 nitrogen and oxygen atoms in total. The highest BCUT2D eigenvalue weighted by atomic mass is 16.5. The van der Waals surface area contributed by atoms with Gasteiger partial charge in [-0.25, -0.2) is 0 Å². The first-order valence-corrected chi connectivity index (χ1v) is 8.15. The smallest absolute Gasteiger partial charge is 0.250 e. The molecule has 1 atom stereocenters. The zero-order chi connectivity index (χ0) is 17.9. The van der Waals surface area contributed by atoms with Gasteiger partial charge in [0.05, 0.1) is 6.61 Å². The minimum absolute atomic E-state index is 0.143. The Bertz CT molecular complexity index is 583. The molecule has 134 valence electrons. The molecule has 1 aromatic heterocycles. The number of carbonyl (C=O) groups excluding carboxylic acids is 2. The summed E-state index contributed by atoms with van der Waals surface area (Å²) in [5.74, 6) is -0.204. The monoisotopic (exact) mass is 337 g/mol. The molecule has 0 radical (unpaired) electrons. The second-order valence-electron chi connectivity index (χ2n) is 6.02. The number of hydrogen-bond donors (Lipinski definition) is 2. The number of aryl methyl sites for hydroxylation is 1. The maximum Gasteiger partial charge on any atom is 0.250 e. The molecule has 2 N–H and O–H groups in total. The number of nitrogens with one attached hydrogen (secondary N) is 2. The first kappa shape index (κ1) is 19.9. The lowest BCUT2D eigenvalue weighted by atomic mass is 10.0. The Balaban J connectivity index is 2.55. The molecule has 1 heterocycles. The van der Waals surface area contributed by atoms with E-state index in [1.54, 1.807) is 25.4 Å². The highest BCUT2D eigenvalue weighted by Gasteiger charge is 2.21. The van der Waals surface area contributed by atoms with Crippen molar-refractivity contribution in [3.63, 3.8) is 0 Å². The van der Waals surface area contributed by atoms with Crippen LogP contribution in [-0.4, -0.2) is 42.7 Å². The first-order chi connectivity index (χ1) is 11.4. The van der Waals surface area contributed by atoms with Crippen molar-refractivity contribution < 1.29 is 14.3 Å². The van der Waals surface area contributed by atoms with Gasteiger partial charge in [-0.3, -0.25) is 14.4 Å². The number of methoxy groups -OCH3 is 1. The quantitative estimate of drug-likeness (QED) is 0.610. The molecule has 0 aliphatic heterocycles. The molecular formula is C17H27N3O4. The Labute approximate surface area is 142 Å². The van der Waals surface area contributed by atoms with E-state index >= 15 is 0 Å². The van der Waals surface area contributed by atoms with E-state index in [0.717, 1.165) is 0 Å². The minimum Gasteiger partial charge on any atom is -0.383 e. The molecule has 0 saturated carbocycles. The highest BCUT2D eigenvalue weighted by Crippen LogP contribution is 2.05. The fourth-order valence-electron chi connectivity index (χ4n) is 2.24. The SMILES string of the molecule is COCCNC(=O)[C@H](CC(C)C)NC(=O)CCn1ccccc1=O. The molecule has 0 unspecified atom stereocenters. The van der Waals surface area contributed by atoms with E-state index in [2.05, 4.69) is 10.6 Å². The lowest BCUT2D eigenvalue weighted by Gasteiger charge is -2.20. The molecule has 24 heavy (non-hydrogen) atoms. The number of pyridine rings is 1. The average Bonchev–Trinajstić information content (AvgIpc) is 2.53. The van der Waals surface area contributed by atoms with Crippen LogP contribution in [0.4, 0.5) is 0 Å². The molecule has 0 bridgehead atoms. The molecule has 0 fully saturated rings. The van der Waals surface area contributed by atoms with E-state index in [9.17, 15) is 14.4 Å². The Morgan fingerprint density at radius 1 is 1.29 bits per heavy atom. The molecule has 0 spiro atoms. The summed E-state index contributed by atoms with van der Waals surface area (Å²) < 4.78 is 6.37. The van der Waals surface area contributed by atoms with Gasteiger partial charge in [-0.2, -0.15) is 0 Å². The predicted octanol–water partition coefficient (Wildman–Crippen LogP) is 0.532. The Hall–Kier alpha value is -2.15. The van der Waals surface area contributed by atoms with E-state index < -0.39 is 6.04 Å². The summed E-state index contributed by atoms with van der Waals surface area (Å²) in [6.45, 7) is 5.09. The van der Waals surface area contributed by atoms with Gasteiger partial charge in [0.15, 0.2) is 0 Å². The van der Waals surface area contributed by atoms with Crippen LogP contribution in [0, 0.1) is 5.92 Å². The standard InChI is InChI=1S/C17H27N3O4/c1-13(2)12-14(17(23)18-8-11-24-3)19-15(21)7-10-20-9-5-4-6-16(20)22/h4-6,9,13-14H,7-8,10-12H2,1-3H3,(H,18,23)(H,19,21)/t14-/m0/s1. The van der Waals surface area contributed by atoms with Gasteiger partial charge in [-0.15, -0.1) is 0 Å². The number of rotatable bonds is 10. The summed E-state index contributed by atoms with van der Waals surface area (Å²) in [6.07, 6.45) is 2.33. The second kappa shape index (κ2) is 10.6. The number of nitrogens with zero attached hydrogens (tertiary/aromatic N) is 1. The summed E-state index contributed by atoms with van der Waals surface area (Å²) >= 11 is 0. The Kier molecular flexibility index (Phi) is 8.78. The van der Waals surface area contributed by atoms with E-state index in [1.165, 1.54) is 10.6 Å². The van der Waals surface area contributed by atoms with E-state index in [0.29, 0.717) is 19.6 Å². The zero-order valence-electron chi connectivity index (χ0n) is 14.6. The largest absolute Gasteiger partial charge is 0.383 e. The number of amides is 2. The van der Waals surface area contributed by atoms with Gasteiger partial charge in [-0.05, 0) is 18.4 Å². The third-order valence-corrected chi connectivity index (χ3v) is 3.44. The molecule has 7 heteroatoms. The summed E-state index contributed by atoms with van der Waals surface area (Å²) in [4.78, 5) is 35.9. The van der Waals surface area contributed by atoms with Crippen LogP contribution in [-0.2, 0) is 20.9 Å². The van der Waals surface area contributed by atoms with Gasteiger partial charge < -0.3 is 19.9 Å². The van der Waals surface area contributed by atoms with Gasteiger partial charge >= 0.3 is 0 Å². The fraction of sp³-hybridized carbons (Fsp3) is 0.588. The fourth-order valence-corrected chi connectivity index (χ4v) is 2.24. The summed E-state index contributed by atoms with van der Waals surface area (Å²) in [5.41, 5.74) is -0.152. The number of hydrogen-bond acceptors (Lipinski definition) is 4. The van der Waals surface area contributed by atoms with E-state index in [1.807, 2.05) is 13.8 Å². The molecule has 2 amide bonds. The summed E-state index contributed by atoms with van der Waals surface area (Å²) in [7, 11) is 1.56. The predicted molar refractivity (Wildman–Crippen MR) is 91.6 cm³/mol. The van der Waals surface area contributed by atoms with E-state index in [4.69, 9.17) is 4.74 Å². The number of aromatic nitrogens is 1. The third kappa shape index (κ3) is 7.41. The van der Waals surface area contributed by atoms with Crippen LogP contribution in [0.3, 0.4) is 0 Å². The van der Waals surface area contributed by atoms with Crippen LogP contribution < -0.4 is 16.2 Å². The van der Waals surface area contributed by atoms with Crippen molar-refractivity contribution in [3.8, 4) is 0 Å². The molecule has 0 aromatic carbocycles. The minimum atomic E-state index is -0.582. The number of carbonyl (C=O) groups is 2. The van der Waals surface area contributed by atoms with Crippen LogP contribution in [0.2, 0.25) is 0 Å². The molecule has 1 aromatic rings. The zero-order valence-corrected chi connectivity index (χ0v) is 14.6. The lowest BCUT2D eigenvalue weighted by molar-refractivity contribution is -0.129. The van der Waals surface area contributed by atoms with E-state index in [-0.39, 0.29) is 36.3 Å². The van der Waals surface area contributed by atoms with Crippen molar-refractivity contribution in [1.29, 1.82) is 0 Å².